The van der Waals surface area contributed by atoms with Crippen molar-refractivity contribution in [1.29, 1.82) is 0 Å². The largest absolute Gasteiger partial charge is 0.490 e. The van der Waals surface area contributed by atoms with E-state index in [1.54, 1.807) is 18.1 Å². The third kappa shape index (κ3) is 3.67. The van der Waals surface area contributed by atoms with Gasteiger partial charge in [-0.25, -0.2) is 0 Å². The first-order valence-electron chi connectivity index (χ1n) is 8.23. The average Bonchev–Trinajstić information content (AvgIpc) is 2.66. The first-order chi connectivity index (χ1) is 12.2. The molecule has 5 heteroatoms. The average molecular weight is 338 g/mol. The van der Waals surface area contributed by atoms with Crippen LogP contribution in [0.15, 0.2) is 61.2 Å². The first-order valence-corrected chi connectivity index (χ1v) is 8.23. The number of carbonyl (C=O) groups is 1. The van der Waals surface area contributed by atoms with Crippen LogP contribution in [0.5, 0.6) is 5.75 Å². The van der Waals surface area contributed by atoms with E-state index in [2.05, 4.69) is 11.9 Å². The minimum Gasteiger partial charge on any atom is -0.490 e. The molecule has 1 aliphatic rings. The quantitative estimate of drug-likeness (QED) is 0.786. The van der Waals surface area contributed by atoms with E-state index < -0.39 is 0 Å². The number of carbonyl (C=O) groups excluding carboxylic acids is 1. The second kappa shape index (κ2) is 7.85. The van der Waals surface area contributed by atoms with Gasteiger partial charge < -0.3 is 19.7 Å². The normalized spacial score (nSPS) is 16.1. The van der Waals surface area contributed by atoms with Crippen molar-refractivity contribution >= 4 is 11.6 Å². The van der Waals surface area contributed by atoms with Gasteiger partial charge in [-0.15, -0.1) is 0 Å². The van der Waals surface area contributed by atoms with Crippen molar-refractivity contribution in [1.82, 2.24) is 4.90 Å². The molecule has 0 fully saturated rings. The fraction of sp³-hybridized carbons (Fsp3) is 0.250. The van der Waals surface area contributed by atoms with Gasteiger partial charge in [0.1, 0.15) is 18.5 Å². The van der Waals surface area contributed by atoms with Crippen LogP contribution in [-0.2, 0) is 4.74 Å². The predicted molar refractivity (Wildman–Crippen MR) is 97.9 cm³/mol. The summed E-state index contributed by atoms with van der Waals surface area (Å²) in [5.74, 6) is 0.776. The van der Waals surface area contributed by atoms with Crippen LogP contribution in [0.3, 0.4) is 0 Å². The van der Waals surface area contributed by atoms with Crippen LogP contribution in [0.4, 0.5) is 5.69 Å². The molecule has 0 aliphatic carbocycles. The predicted octanol–water partition coefficient (Wildman–Crippen LogP) is 3.46. The second-order valence-electron chi connectivity index (χ2n) is 5.75. The van der Waals surface area contributed by atoms with E-state index in [1.807, 2.05) is 48.5 Å². The number of nitrogens with one attached hydrogen (secondary N) is 1. The number of para-hydroxylation sites is 1. The number of ether oxygens (including phenoxy) is 2. The minimum absolute atomic E-state index is 0.00313. The SMILES string of the molecule is C=CCOc1ccc(C2Nc3ccccc3C(=O)N2CCOC)cc1. The molecule has 2 aromatic rings. The van der Waals surface area contributed by atoms with Crippen molar-refractivity contribution in [3.63, 3.8) is 0 Å². The topological polar surface area (TPSA) is 50.8 Å². The molecule has 1 aliphatic heterocycles. The molecule has 1 unspecified atom stereocenters. The lowest BCUT2D eigenvalue weighted by molar-refractivity contribution is 0.0609. The Morgan fingerprint density at radius 3 is 2.68 bits per heavy atom. The molecular weight excluding hydrogens is 316 g/mol. The van der Waals surface area contributed by atoms with E-state index in [1.165, 1.54) is 0 Å². The number of nitrogens with zero attached hydrogens (tertiary/aromatic N) is 1. The molecule has 130 valence electrons. The molecule has 1 atom stereocenters. The van der Waals surface area contributed by atoms with Crippen LogP contribution in [0.25, 0.3) is 0 Å². The van der Waals surface area contributed by atoms with Crippen molar-refractivity contribution < 1.29 is 14.3 Å². The Hall–Kier alpha value is -2.79. The number of amides is 1. The van der Waals surface area contributed by atoms with E-state index in [0.29, 0.717) is 25.3 Å². The van der Waals surface area contributed by atoms with Crippen molar-refractivity contribution in [3.8, 4) is 5.75 Å². The maximum absolute atomic E-state index is 12.9. The minimum atomic E-state index is -0.244. The van der Waals surface area contributed by atoms with Gasteiger partial charge in [0.05, 0.1) is 12.2 Å². The fourth-order valence-electron chi connectivity index (χ4n) is 2.88. The molecule has 3 rings (SSSR count). The summed E-state index contributed by atoms with van der Waals surface area (Å²) in [6.45, 7) is 5.10. The zero-order valence-corrected chi connectivity index (χ0v) is 14.3. The zero-order valence-electron chi connectivity index (χ0n) is 14.3. The van der Waals surface area contributed by atoms with Crippen LogP contribution in [0, 0.1) is 0 Å². The third-order valence-electron chi connectivity index (χ3n) is 4.12. The summed E-state index contributed by atoms with van der Waals surface area (Å²) in [6, 6.07) is 15.3. The summed E-state index contributed by atoms with van der Waals surface area (Å²) in [6.07, 6.45) is 1.46. The van der Waals surface area contributed by atoms with Gasteiger partial charge in [-0.2, -0.15) is 0 Å². The maximum atomic E-state index is 12.9. The Balaban J connectivity index is 1.89. The summed E-state index contributed by atoms with van der Waals surface area (Å²) in [5.41, 5.74) is 2.52. The Kier molecular flexibility index (Phi) is 5.36. The Labute approximate surface area is 147 Å². The number of rotatable bonds is 7. The molecule has 1 amide bonds. The maximum Gasteiger partial charge on any atom is 0.257 e. The van der Waals surface area contributed by atoms with Gasteiger partial charge in [-0.1, -0.05) is 36.9 Å². The van der Waals surface area contributed by atoms with Crippen molar-refractivity contribution in [2.24, 2.45) is 0 Å². The highest BCUT2D eigenvalue weighted by molar-refractivity contribution is 6.01. The van der Waals surface area contributed by atoms with Gasteiger partial charge in [0.25, 0.3) is 5.91 Å². The molecule has 0 saturated heterocycles. The van der Waals surface area contributed by atoms with Crippen LogP contribution in [0.2, 0.25) is 0 Å². The van der Waals surface area contributed by atoms with E-state index in [9.17, 15) is 4.79 Å². The zero-order chi connectivity index (χ0) is 17.6. The molecule has 1 heterocycles. The smallest absolute Gasteiger partial charge is 0.257 e. The number of anilines is 1. The molecule has 0 radical (unpaired) electrons. The van der Waals surface area contributed by atoms with Crippen LogP contribution in [-0.4, -0.2) is 37.7 Å². The number of methoxy groups -OCH3 is 1. The van der Waals surface area contributed by atoms with Gasteiger partial charge in [0.15, 0.2) is 0 Å². The lowest BCUT2D eigenvalue weighted by Crippen LogP contribution is -2.44. The van der Waals surface area contributed by atoms with Gasteiger partial charge >= 0.3 is 0 Å². The van der Waals surface area contributed by atoms with Crippen molar-refractivity contribution in [3.05, 3.63) is 72.3 Å². The highest BCUT2D eigenvalue weighted by Crippen LogP contribution is 2.33. The van der Waals surface area contributed by atoms with E-state index in [4.69, 9.17) is 9.47 Å². The molecular formula is C20H22N2O3. The number of benzene rings is 2. The van der Waals surface area contributed by atoms with E-state index in [0.717, 1.165) is 17.0 Å². The Morgan fingerprint density at radius 1 is 1.20 bits per heavy atom. The molecule has 1 N–H and O–H groups in total. The van der Waals surface area contributed by atoms with Gasteiger partial charge in [0.2, 0.25) is 0 Å². The van der Waals surface area contributed by atoms with Crippen molar-refractivity contribution in [2.75, 3.05) is 32.2 Å². The highest BCUT2D eigenvalue weighted by atomic mass is 16.5. The highest BCUT2D eigenvalue weighted by Gasteiger charge is 2.32. The van der Waals surface area contributed by atoms with Gasteiger partial charge in [-0.3, -0.25) is 4.79 Å². The van der Waals surface area contributed by atoms with Gasteiger partial charge in [-0.05, 0) is 29.8 Å². The number of fused-ring (bicyclic) bond motifs is 1. The summed E-state index contributed by atoms with van der Waals surface area (Å²) in [4.78, 5) is 14.7. The molecule has 0 saturated carbocycles. The number of hydrogen-bond donors (Lipinski definition) is 1. The molecule has 0 bridgehead atoms. The summed E-state index contributed by atoms with van der Waals surface area (Å²) in [5, 5.41) is 3.46. The molecule has 2 aromatic carbocycles. The summed E-state index contributed by atoms with van der Waals surface area (Å²) in [7, 11) is 1.64. The fourth-order valence-corrected chi connectivity index (χ4v) is 2.88. The van der Waals surface area contributed by atoms with E-state index in [-0.39, 0.29) is 12.1 Å². The Bertz CT molecular complexity index is 743. The second-order valence-corrected chi connectivity index (χ2v) is 5.75. The summed E-state index contributed by atoms with van der Waals surface area (Å²) >= 11 is 0. The lowest BCUT2D eigenvalue weighted by Gasteiger charge is -2.38. The van der Waals surface area contributed by atoms with Crippen molar-refractivity contribution in [2.45, 2.75) is 6.17 Å². The van der Waals surface area contributed by atoms with Crippen LogP contribution < -0.4 is 10.1 Å². The summed E-state index contributed by atoms with van der Waals surface area (Å²) < 4.78 is 10.7. The van der Waals surface area contributed by atoms with Gasteiger partial charge in [0, 0.05) is 19.3 Å². The van der Waals surface area contributed by atoms with Crippen LogP contribution in [0.1, 0.15) is 22.1 Å². The number of hydrogen-bond acceptors (Lipinski definition) is 4. The lowest BCUT2D eigenvalue weighted by atomic mass is 10.0. The molecule has 25 heavy (non-hydrogen) atoms. The van der Waals surface area contributed by atoms with E-state index >= 15 is 0 Å². The van der Waals surface area contributed by atoms with Crippen LogP contribution >= 0.6 is 0 Å². The third-order valence-corrected chi connectivity index (χ3v) is 4.12. The molecule has 5 nitrogen and oxygen atoms in total. The molecule has 0 spiro atoms. The monoisotopic (exact) mass is 338 g/mol. The Morgan fingerprint density at radius 2 is 1.96 bits per heavy atom. The standard InChI is InChI=1S/C20H22N2O3/c1-3-13-25-16-10-8-15(9-11-16)19-21-18-7-5-4-6-17(18)20(23)22(19)12-14-24-2/h3-11,19,21H,1,12-14H2,2H3. The first kappa shape index (κ1) is 17.0. The molecule has 0 aromatic heterocycles.